The van der Waals surface area contributed by atoms with Crippen molar-refractivity contribution in [3.63, 3.8) is 0 Å². The lowest BCUT2D eigenvalue weighted by Crippen LogP contribution is -2.17. The van der Waals surface area contributed by atoms with Crippen molar-refractivity contribution in [3.05, 3.63) is 35.3 Å². The Morgan fingerprint density at radius 2 is 2.00 bits per heavy atom. The van der Waals surface area contributed by atoms with Crippen molar-refractivity contribution in [2.45, 2.75) is 26.7 Å². The third-order valence-corrected chi connectivity index (χ3v) is 2.90. The molecule has 0 unspecified atom stereocenters. The predicted molar refractivity (Wildman–Crippen MR) is 78.6 cm³/mol. The predicted octanol–water partition coefficient (Wildman–Crippen LogP) is 0.929. The molecule has 8 nitrogen and oxygen atoms in total. The van der Waals surface area contributed by atoms with Crippen LogP contribution in [0.25, 0.3) is 0 Å². The summed E-state index contributed by atoms with van der Waals surface area (Å²) in [6.45, 7) is 3.97. The molecule has 0 aliphatic carbocycles. The van der Waals surface area contributed by atoms with Crippen molar-refractivity contribution in [1.29, 1.82) is 0 Å². The molecule has 2 rings (SSSR count). The van der Waals surface area contributed by atoms with Gasteiger partial charge in [0.05, 0.1) is 11.4 Å². The lowest BCUT2D eigenvalue weighted by molar-refractivity contribution is 0.102. The Morgan fingerprint density at radius 3 is 2.67 bits per heavy atom. The summed E-state index contributed by atoms with van der Waals surface area (Å²) in [5.74, 6) is 5.51. The van der Waals surface area contributed by atoms with Crippen LogP contribution in [0.4, 0.5) is 11.8 Å². The van der Waals surface area contributed by atoms with E-state index in [1.54, 1.807) is 6.07 Å². The first-order valence-corrected chi connectivity index (χ1v) is 6.64. The molecule has 21 heavy (non-hydrogen) atoms. The van der Waals surface area contributed by atoms with Crippen molar-refractivity contribution in [3.8, 4) is 0 Å². The SMILES string of the molecule is CCc1nnc(NC(=O)c2ccnc(NN)c2)nc1CC. The van der Waals surface area contributed by atoms with Crippen LogP contribution in [0.15, 0.2) is 18.3 Å². The Bertz CT molecular complexity index is 644. The lowest BCUT2D eigenvalue weighted by Gasteiger charge is -2.07. The molecule has 0 aromatic carbocycles. The van der Waals surface area contributed by atoms with Gasteiger partial charge in [-0.25, -0.2) is 15.8 Å². The first-order valence-electron chi connectivity index (χ1n) is 6.64. The summed E-state index contributed by atoms with van der Waals surface area (Å²) in [4.78, 5) is 20.4. The highest BCUT2D eigenvalue weighted by Crippen LogP contribution is 2.10. The van der Waals surface area contributed by atoms with E-state index < -0.39 is 0 Å². The number of hydrazine groups is 1. The Kier molecular flexibility index (Phi) is 4.72. The average molecular weight is 287 g/mol. The molecule has 4 N–H and O–H groups in total. The summed E-state index contributed by atoms with van der Waals surface area (Å²) in [6.07, 6.45) is 2.98. The fraction of sp³-hybridized carbons (Fsp3) is 0.308. The molecule has 0 aliphatic heterocycles. The molecule has 0 bridgehead atoms. The number of aromatic nitrogens is 4. The van der Waals surface area contributed by atoms with Crippen LogP contribution in [0.2, 0.25) is 0 Å². The lowest BCUT2D eigenvalue weighted by atomic mass is 10.2. The van der Waals surface area contributed by atoms with Gasteiger partial charge in [0.25, 0.3) is 5.91 Å². The van der Waals surface area contributed by atoms with Crippen molar-refractivity contribution in [1.82, 2.24) is 20.2 Å². The van der Waals surface area contributed by atoms with Gasteiger partial charge >= 0.3 is 0 Å². The number of hydrogen-bond acceptors (Lipinski definition) is 7. The second kappa shape index (κ2) is 6.71. The molecule has 0 radical (unpaired) electrons. The van der Waals surface area contributed by atoms with E-state index in [0.717, 1.165) is 24.2 Å². The van der Waals surface area contributed by atoms with Crippen LogP contribution in [-0.2, 0) is 12.8 Å². The minimum Gasteiger partial charge on any atom is -0.308 e. The third kappa shape index (κ3) is 3.48. The molecule has 0 atom stereocenters. The molecule has 2 aromatic heterocycles. The maximum Gasteiger partial charge on any atom is 0.258 e. The van der Waals surface area contributed by atoms with E-state index >= 15 is 0 Å². The summed E-state index contributed by atoms with van der Waals surface area (Å²) in [5, 5.41) is 10.6. The molecule has 0 fully saturated rings. The first kappa shape index (κ1) is 14.8. The maximum absolute atomic E-state index is 12.1. The van der Waals surface area contributed by atoms with Crippen LogP contribution < -0.4 is 16.6 Å². The van der Waals surface area contributed by atoms with Gasteiger partial charge in [-0.2, -0.15) is 0 Å². The summed E-state index contributed by atoms with van der Waals surface area (Å²) in [7, 11) is 0. The Balaban J connectivity index is 2.19. The van der Waals surface area contributed by atoms with Crippen LogP contribution in [0, 0.1) is 0 Å². The van der Waals surface area contributed by atoms with Crippen LogP contribution in [0.1, 0.15) is 35.6 Å². The molecule has 0 saturated heterocycles. The van der Waals surface area contributed by atoms with Crippen molar-refractivity contribution >= 4 is 17.7 Å². The Labute approximate surface area is 122 Å². The largest absolute Gasteiger partial charge is 0.308 e. The van der Waals surface area contributed by atoms with Gasteiger partial charge in [-0.1, -0.05) is 13.8 Å². The number of amides is 1. The first-order chi connectivity index (χ1) is 10.2. The summed E-state index contributed by atoms with van der Waals surface area (Å²) < 4.78 is 0. The molecule has 1 amide bonds. The van der Waals surface area contributed by atoms with Crippen LogP contribution >= 0.6 is 0 Å². The summed E-state index contributed by atoms with van der Waals surface area (Å²) >= 11 is 0. The van der Waals surface area contributed by atoms with Crippen molar-refractivity contribution in [2.75, 3.05) is 10.7 Å². The normalized spacial score (nSPS) is 10.2. The highest BCUT2D eigenvalue weighted by atomic mass is 16.1. The molecule has 110 valence electrons. The number of aryl methyl sites for hydroxylation is 2. The smallest absolute Gasteiger partial charge is 0.258 e. The van der Waals surface area contributed by atoms with Gasteiger partial charge in [0, 0.05) is 11.8 Å². The van der Waals surface area contributed by atoms with E-state index in [1.807, 2.05) is 13.8 Å². The van der Waals surface area contributed by atoms with E-state index in [0.29, 0.717) is 11.4 Å². The fourth-order valence-corrected chi connectivity index (χ4v) is 1.82. The maximum atomic E-state index is 12.1. The standard InChI is InChI=1S/C13H17N7O/c1-3-9-10(4-2)19-20-13(16-9)17-12(21)8-5-6-15-11(7-8)18-14/h5-7H,3-4,14H2,1-2H3,(H,15,18)(H,16,17,20,21). The van der Waals surface area contributed by atoms with Gasteiger partial charge in [0.15, 0.2) is 0 Å². The quantitative estimate of drug-likeness (QED) is 0.552. The number of pyridine rings is 1. The number of nitrogens with zero attached hydrogens (tertiary/aromatic N) is 4. The molecule has 8 heteroatoms. The molecule has 2 aromatic rings. The molecule has 2 heterocycles. The van der Waals surface area contributed by atoms with E-state index in [-0.39, 0.29) is 11.9 Å². The Morgan fingerprint density at radius 1 is 1.24 bits per heavy atom. The fourth-order valence-electron chi connectivity index (χ4n) is 1.82. The molecular formula is C13H17N7O. The number of rotatable bonds is 5. The van der Waals surface area contributed by atoms with Crippen molar-refractivity contribution < 1.29 is 4.79 Å². The Hall–Kier alpha value is -2.61. The van der Waals surface area contributed by atoms with Crippen LogP contribution in [-0.4, -0.2) is 26.1 Å². The topological polar surface area (TPSA) is 119 Å². The number of nitrogens with one attached hydrogen (secondary N) is 2. The minimum atomic E-state index is -0.345. The van der Waals surface area contributed by atoms with Gasteiger partial charge in [0.2, 0.25) is 5.95 Å². The number of carbonyl (C=O) groups is 1. The highest BCUT2D eigenvalue weighted by molar-refractivity contribution is 6.03. The van der Waals surface area contributed by atoms with Crippen molar-refractivity contribution in [2.24, 2.45) is 5.84 Å². The minimum absolute atomic E-state index is 0.188. The molecule has 0 aliphatic rings. The number of nitrogen functional groups attached to an aromatic ring is 1. The van der Waals surface area contributed by atoms with Crippen LogP contribution in [0.3, 0.4) is 0 Å². The zero-order valence-electron chi connectivity index (χ0n) is 11.9. The molecule has 0 spiro atoms. The molecular weight excluding hydrogens is 270 g/mol. The number of hydrogen-bond donors (Lipinski definition) is 3. The van der Waals surface area contributed by atoms with Gasteiger partial charge in [-0.05, 0) is 25.0 Å². The number of carbonyl (C=O) groups excluding carboxylic acids is 1. The monoisotopic (exact) mass is 287 g/mol. The zero-order valence-corrected chi connectivity index (χ0v) is 11.9. The second-order valence-corrected chi connectivity index (χ2v) is 4.26. The summed E-state index contributed by atoms with van der Waals surface area (Å²) in [5.41, 5.74) is 4.46. The van der Waals surface area contributed by atoms with E-state index in [2.05, 4.69) is 30.9 Å². The van der Waals surface area contributed by atoms with E-state index in [1.165, 1.54) is 12.3 Å². The van der Waals surface area contributed by atoms with Gasteiger partial charge in [0.1, 0.15) is 5.82 Å². The van der Waals surface area contributed by atoms with Gasteiger partial charge in [-0.3, -0.25) is 10.1 Å². The number of anilines is 2. The summed E-state index contributed by atoms with van der Waals surface area (Å²) in [6, 6.07) is 3.11. The number of nitrogens with two attached hydrogens (primary N) is 1. The second-order valence-electron chi connectivity index (χ2n) is 4.26. The van der Waals surface area contributed by atoms with Crippen LogP contribution in [0.5, 0.6) is 0 Å². The zero-order chi connectivity index (χ0) is 15.2. The average Bonchev–Trinajstić information content (AvgIpc) is 2.54. The van der Waals surface area contributed by atoms with Gasteiger partial charge in [-0.15, -0.1) is 10.2 Å². The third-order valence-electron chi connectivity index (χ3n) is 2.90. The molecule has 0 saturated carbocycles. The van der Waals surface area contributed by atoms with E-state index in [9.17, 15) is 4.79 Å². The van der Waals surface area contributed by atoms with Gasteiger partial charge < -0.3 is 5.43 Å². The highest BCUT2D eigenvalue weighted by Gasteiger charge is 2.11. The van der Waals surface area contributed by atoms with E-state index in [4.69, 9.17) is 5.84 Å².